The number of carbonyl (C=O) groups excluding carboxylic acids is 1. The average molecular weight is 347 g/mol. The predicted molar refractivity (Wildman–Crippen MR) is 104 cm³/mol. The lowest BCUT2D eigenvalue weighted by atomic mass is 10.1. The largest absolute Gasteiger partial charge is 0.380 e. The third-order valence-electron chi connectivity index (χ3n) is 3.87. The van der Waals surface area contributed by atoms with Crippen molar-refractivity contribution in [1.82, 2.24) is 4.98 Å². The van der Waals surface area contributed by atoms with Crippen LogP contribution in [0.25, 0.3) is 11.1 Å². The van der Waals surface area contributed by atoms with Gasteiger partial charge in [0.25, 0.3) is 0 Å². The van der Waals surface area contributed by atoms with Crippen molar-refractivity contribution < 1.29 is 9.53 Å². The van der Waals surface area contributed by atoms with E-state index in [2.05, 4.69) is 15.6 Å². The normalized spacial score (nSPS) is 10.4. The number of carbonyl (C=O) groups is 1. The van der Waals surface area contributed by atoms with Gasteiger partial charge in [-0.2, -0.15) is 0 Å². The molecule has 0 aliphatic heterocycles. The Labute approximate surface area is 153 Å². The second kappa shape index (κ2) is 8.27. The molecule has 0 saturated carbocycles. The summed E-state index contributed by atoms with van der Waals surface area (Å²) in [5, 5.41) is 5.67. The molecule has 2 N–H and O–H groups in total. The van der Waals surface area contributed by atoms with E-state index in [9.17, 15) is 4.79 Å². The Morgan fingerprint density at radius 1 is 0.962 bits per heavy atom. The Hall–Kier alpha value is -3.18. The molecule has 2 amide bonds. The predicted octanol–water partition coefficient (Wildman–Crippen LogP) is 4.85. The number of aromatic nitrogens is 1. The van der Waals surface area contributed by atoms with Gasteiger partial charge in [-0.15, -0.1) is 0 Å². The van der Waals surface area contributed by atoms with Crippen LogP contribution in [-0.2, 0) is 11.3 Å². The molecule has 0 fully saturated rings. The van der Waals surface area contributed by atoms with Gasteiger partial charge in [0.05, 0.1) is 6.61 Å². The molecular weight excluding hydrogens is 326 g/mol. The summed E-state index contributed by atoms with van der Waals surface area (Å²) in [6.45, 7) is 2.47. The molecule has 132 valence electrons. The zero-order valence-electron chi connectivity index (χ0n) is 14.8. The Morgan fingerprint density at radius 3 is 2.46 bits per heavy atom. The second-order valence-electron chi connectivity index (χ2n) is 5.98. The van der Waals surface area contributed by atoms with Crippen molar-refractivity contribution >= 4 is 17.4 Å². The van der Waals surface area contributed by atoms with Crippen LogP contribution in [-0.4, -0.2) is 18.1 Å². The fraction of sp³-hybridized carbons (Fsp3) is 0.143. The molecule has 3 aromatic rings. The number of benzene rings is 2. The van der Waals surface area contributed by atoms with Crippen LogP contribution < -0.4 is 10.6 Å². The first kappa shape index (κ1) is 17.6. The maximum Gasteiger partial charge on any atom is 0.323 e. The van der Waals surface area contributed by atoms with Gasteiger partial charge >= 0.3 is 6.03 Å². The lowest BCUT2D eigenvalue weighted by molar-refractivity contribution is 0.185. The van der Waals surface area contributed by atoms with Crippen molar-refractivity contribution in [3.63, 3.8) is 0 Å². The van der Waals surface area contributed by atoms with E-state index in [4.69, 9.17) is 4.74 Å². The highest BCUT2D eigenvalue weighted by molar-refractivity contribution is 5.99. The summed E-state index contributed by atoms with van der Waals surface area (Å²) in [4.78, 5) is 16.4. The average Bonchev–Trinajstić information content (AvgIpc) is 2.63. The third kappa shape index (κ3) is 4.68. The fourth-order valence-corrected chi connectivity index (χ4v) is 2.67. The van der Waals surface area contributed by atoms with E-state index in [1.54, 1.807) is 13.3 Å². The Kier molecular flexibility index (Phi) is 5.61. The van der Waals surface area contributed by atoms with Crippen molar-refractivity contribution in [1.29, 1.82) is 0 Å². The van der Waals surface area contributed by atoms with Gasteiger partial charge in [0.1, 0.15) is 0 Å². The van der Waals surface area contributed by atoms with Gasteiger partial charge in [0.15, 0.2) is 0 Å². The summed E-state index contributed by atoms with van der Waals surface area (Å²) in [5.74, 6) is 0. The first-order valence-electron chi connectivity index (χ1n) is 8.33. The molecule has 0 aliphatic carbocycles. The number of hydrogen-bond donors (Lipinski definition) is 2. The Bertz CT molecular complexity index is 892. The van der Waals surface area contributed by atoms with E-state index in [-0.39, 0.29) is 6.03 Å². The molecule has 1 heterocycles. The lowest BCUT2D eigenvalue weighted by Crippen LogP contribution is -2.19. The maximum atomic E-state index is 12.2. The number of rotatable bonds is 5. The second-order valence-corrected chi connectivity index (χ2v) is 5.98. The van der Waals surface area contributed by atoms with Gasteiger partial charge in [-0.1, -0.05) is 24.3 Å². The number of pyridine rings is 1. The highest BCUT2D eigenvalue weighted by Crippen LogP contribution is 2.21. The van der Waals surface area contributed by atoms with E-state index >= 15 is 0 Å². The smallest absolute Gasteiger partial charge is 0.323 e. The van der Waals surface area contributed by atoms with Crippen LogP contribution in [0.1, 0.15) is 11.3 Å². The zero-order chi connectivity index (χ0) is 18.4. The molecule has 0 atom stereocenters. The van der Waals surface area contributed by atoms with Crippen molar-refractivity contribution in [3.8, 4) is 11.1 Å². The number of amides is 2. The van der Waals surface area contributed by atoms with Crippen molar-refractivity contribution in [2.24, 2.45) is 0 Å². The number of aryl methyl sites for hydroxylation is 1. The van der Waals surface area contributed by atoms with E-state index in [1.165, 1.54) is 0 Å². The van der Waals surface area contributed by atoms with Gasteiger partial charge < -0.3 is 15.4 Å². The molecule has 0 aliphatic rings. The van der Waals surface area contributed by atoms with Gasteiger partial charge in [-0.05, 0) is 60.0 Å². The Morgan fingerprint density at radius 2 is 1.73 bits per heavy atom. The topological polar surface area (TPSA) is 63.2 Å². The minimum Gasteiger partial charge on any atom is -0.380 e. The van der Waals surface area contributed by atoms with Gasteiger partial charge in [-0.3, -0.25) is 4.98 Å². The molecule has 0 spiro atoms. The molecule has 5 heteroatoms. The van der Waals surface area contributed by atoms with Crippen LogP contribution in [0.5, 0.6) is 0 Å². The van der Waals surface area contributed by atoms with Crippen molar-refractivity contribution in [2.75, 3.05) is 17.7 Å². The van der Waals surface area contributed by atoms with E-state index in [0.717, 1.165) is 33.8 Å². The fourth-order valence-electron chi connectivity index (χ4n) is 2.67. The first-order valence-corrected chi connectivity index (χ1v) is 8.33. The molecule has 1 aromatic heterocycles. The van der Waals surface area contributed by atoms with Crippen LogP contribution in [0, 0.1) is 6.92 Å². The highest BCUT2D eigenvalue weighted by Gasteiger charge is 2.04. The minimum absolute atomic E-state index is 0.285. The Balaban J connectivity index is 1.63. The number of anilines is 2. The van der Waals surface area contributed by atoms with Crippen molar-refractivity contribution in [3.05, 3.63) is 78.1 Å². The maximum absolute atomic E-state index is 12.2. The van der Waals surface area contributed by atoms with Gasteiger partial charge in [0, 0.05) is 30.4 Å². The number of nitrogens with zero attached hydrogens (tertiary/aromatic N) is 1. The highest BCUT2D eigenvalue weighted by atomic mass is 16.5. The van der Waals surface area contributed by atoms with Crippen molar-refractivity contribution in [2.45, 2.75) is 13.5 Å². The van der Waals surface area contributed by atoms with E-state index in [1.807, 2.05) is 67.6 Å². The van der Waals surface area contributed by atoms with Crippen LogP contribution in [0.15, 0.2) is 66.9 Å². The van der Waals surface area contributed by atoms with Gasteiger partial charge in [0.2, 0.25) is 0 Å². The van der Waals surface area contributed by atoms with Crippen LogP contribution in [0.4, 0.5) is 16.2 Å². The molecule has 26 heavy (non-hydrogen) atoms. The molecule has 5 nitrogen and oxygen atoms in total. The zero-order valence-corrected chi connectivity index (χ0v) is 14.8. The first-order chi connectivity index (χ1) is 12.6. The molecular formula is C21H21N3O2. The summed E-state index contributed by atoms with van der Waals surface area (Å²) in [7, 11) is 1.64. The standard InChI is InChI=1S/C21H21N3O2/c1-15-12-18(10-11-22-15)17-6-8-19(9-7-17)23-21(25)24-20-5-3-4-16(13-20)14-26-2/h3-13H,14H2,1-2H3,(H2,23,24,25). The van der Waals surface area contributed by atoms with Crippen LogP contribution in [0.2, 0.25) is 0 Å². The van der Waals surface area contributed by atoms with Crippen LogP contribution in [0.3, 0.4) is 0 Å². The number of nitrogens with one attached hydrogen (secondary N) is 2. The summed E-state index contributed by atoms with van der Waals surface area (Å²) < 4.78 is 5.11. The molecule has 0 saturated heterocycles. The monoisotopic (exact) mass is 347 g/mol. The molecule has 3 rings (SSSR count). The summed E-state index contributed by atoms with van der Waals surface area (Å²) in [6, 6.07) is 19.0. The molecule has 0 bridgehead atoms. The number of methoxy groups -OCH3 is 1. The van der Waals surface area contributed by atoms with Crippen LogP contribution >= 0.6 is 0 Å². The summed E-state index contributed by atoms with van der Waals surface area (Å²) in [6.07, 6.45) is 1.79. The SMILES string of the molecule is COCc1cccc(NC(=O)Nc2ccc(-c3ccnc(C)c3)cc2)c1. The molecule has 2 aromatic carbocycles. The van der Waals surface area contributed by atoms with Gasteiger partial charge in [-0.25, -0.2) is 4.79 Å². The van der Waals surface area contributed by atoms with E-state index in [0.29, 0.717) is 6.61 Å². The number of urea groups is 1. The molecule has 0 unspecified atom stereocenters. The minimum atomic E-state index is -0.285. The molecule has 0 radical (unpaired) electrons. The lowest BCUT2D eigenvalue weighted by Gasteiger charge is -2.10. The summed E-state index contributed by atoms with van der Waals surface area (Å²) in [5.41, 5.74) is 5.60. The third-order valence-corrected chi connectivity index (χ3v) is 3.87. The van der Waals surface area contributed by atoms with E-state index < -0.39 is 0 Å². The number of ether oxygens (including phenoxy) is 1. The number of hydrogen-bond acceptors (Lipinski definition) is 3. The summed E-state index contributed by atoms with van der Waals surface area (Å²) >= 11 is 0. The quantitative estimate of drug-likeness (QED) is 0.693.